The van der Waals surface area contributed by atoms with E-state index < -0.39 is 5.97 Å². The molecule has 0 aliphatic carbocycles. The van der Waals surface area contributed by atoms with Crippen LogP contribution in [0.25, 0.3) is 22.2 Å². The van der Waals surface area contributed by atoms with Crippen LogP contribution in [-0.2, 0) is 24.6 Å². The van der Waals surface area contributed by atoms with Crippen LogP contribution >= 0.6 is 11.6 Å². The van der Waals surface area contributed by atoms with Crippen LogP contribution in [0.15, 0.2) is 127 Å². The molecule has 0 unspecified atom stereocenters. The number of hydrogen-bond acceptors (Lipinski definition) is 4. The molecule has 0 saturated heterocycles. The first-order valence-corrected chi connectivity index (χ1v) is 14.6. The molecule has 1 N–H and O–H groups in total. The summed E-state index contributed by atoms with van der Waals surface area (Å²) in [6, 6.07) is 41.4. The zero-order valence-corrected chi connectivity index (χ0v) is 24.6. The minimum Gasteiger partial charge on any atom is -0.489 e. The third-order valence-corrected chi connectivity index (χ3v) is 7.61. The zero-order chi connectivity index (χ0) is 30.3. The molecule has 6 rings (SSSR count). The van der Waals surface area contributed by atoms with Gasteiger partial charge in [-0.1, -0.05) is 84.4 Å². The number of carbonyl (C=O) groups is 1. The first-order valence-electron chi connectivity index (χ1n) is 14.2. The molecule has 44 heavy (non-hydrogen) atoms. The van der Waals surface area contributed by atoms with Crippen molar-refractivity contribution in [3.05, 3.63) is 149 Å². The van der Waals surface area contributed by atoms with Gasteiger partial charge in [0.05, 0.1) is 16.2 Å². The van der Waals surface area contributed by atoms with Gasteiger partial charge in [0.2, 0.25) is 0 Å². The maximum atomic E-state index is 10.9. The van der Waals surface area contributed by atoms with Crippen LogP contribution in [0.3, 0.4) is 0 Å². The van der Waals surface area contributed by atoms with Crippen molar-refractivity contribution >= 4 is 28.5 Å². The fourth-order valence-corrected chi connectivity index (χ4v) is 5.40. The maximum absolute atomic E-state index is 10.9. The number of aromatic nitrogens is 1. The summed E-state index contributed by atoms with van der Waals surface area (Å²) in [4.78, 5) is 10.9. The number of hydrogen-bond donors (Lipinski definition) is 1. The van der Waals surface area contributed by atoms with Crippen molar-refractivity contribution in [1.29, 1.82) is 0 Å². The third kappa shape index (κ3) is 6.88. The summed E-state index contributed by atoms with van der Waals surface area (Å²) in [7, 11) is 0. The summed E-state index contributed by atoms with van der Waals surface area (Å²) in [5, 5.41) is 10.4. The van der Waals surface area contributed by atoms with Gasteiger partial charge in [0.25, 0.3) is 0 Å². The highest BCUT2D eigenvalue weighted by Gasteiger charge is 2.19. The summed E-state index contributed by atoms with van der Waals surface area (Å²) >= 11 is 7.15. The molecule has 7 heteroatoms. The van der Waals surface area contributed by atoms with Gasteiger partial charge < -0.3 is 23.9 Å². The number of aliphatic carboxylic acids is 1. The number of rotatable bonds is 12. The van der Waals surface area contributed by atoms with Gasteiger partial charge in [0.15, 0.2) is 6.61 Å². The predicted octanol–water partition coefficient (Wildman–Crippen LogP) is 8.63. The van der Waals surface area contributed by atoms with E-state index >= 15 is 0 Å². The van der Waals surface area contributed by atoms with E-state index in [-0.39, 0.29) is 6.61 Å². The van der Waals surface area contributed by atoms with Gasteiger partial charge in [-0.2, -0.15) is 0 Å². The van der Waals surface area contributed by atoms with Crippen LogP contribution in [-0.4, -0.2) is 22.2 Å². The van der Waals surface area contributed by atoms with Crippen molar-refractivity contribution in [2.45, 2.75) is 19.8 Å². The summed E-state index contributed by atoms with van der Waals surface area (Å²) in [6.07, 6.45) is 0. The summed E-state index contributed by atoms with van der Waals surface area (Å²) in [5.41, 5.74) is 5.99. The second-order valence-corrected chi connectivity index (χ2v) is 10.7. The van der Waals surface area contributed by atoms with E-state index in [4.69, 9.17) is 30.9 Å². The molecule has 0 saturated carbocycles. The molecule has 6 nitrogen and oxygen atoms in total. The van der Waals surface area contributed by atoms with Crippen LogP contribution in [0.5, 0.6) is 17.2 Å². The Labute approximate surface area is 260 Å². The number of nitrogens with zero attached hydrogens (tertiary/aromatic N) is 1. The number of ether oxygens (including phenoxy) is 3. The van der Waals surface area contributed by atoms with Gasteiger partial charge in [-0.05, 0) is 76.9 Å². The van der Waals surface area contributed by atoms with Crippen molar-refractivity contribution in [2.24, 2.45) is 0 Å². The van der Waals surface area contributed by atoms with Gasteiger partial charge in [-0.15, -0.1) is 0 Å². The van der Waals surface area contributed by atoms with Crippen LogP contribution in [0, 0.1) is 0 Å². The van der Waals surface area contributed by atoms with E-state index in [1.807, 2.05) is 115 Å². The molecular formula is C37H30ClNO5. The molecule has 220 valence electrons. The second kappa shape index (κ2) is 13.4. The van der Waals surface area contributed by atoms with Crippen molar-refractivity contribution in [3.8, 4) is 28.5 Å². The molecule has 5 aromatic carbocycles. The van der Waals surface area contributed by atoms with Crippen molar-refractivity contribution in [2.75, 3.05) is 6.61 Å². The highest BCUT2D eigenvalue weighted by atomic mass is 35.5. The van der Waals surface area contributed by atoms with E-state index in [1.165, 1.54) is 0 Å². The fraction of sp³-hybridized carbons (Fsp3) is 0.108. The minimum absolute atomic E-state index is 0.388. The van der Waals surface area contributed by atoms with Crippen LogP contribution < -0.4 is 14.2 Å². The quantitative estimate of drug-likeness (QED) is 0.152. The largest absolute Gasteiger partial charge is 0.489 e. The average molecular weight is 604 g/mol. The molecule has 6 aromatic rings. The highest BCUT2D eigenvalue weighted by molar-refractivity contribution is 6.38. The Balaban J connectivity index is 1.31. The Kier molecular flexibility index (Phi) is 8.80. The van der Waals surface area contributed by atoms with Crippen molar-refractivity contribution < 1.29 is 24.1 Å². The summed E-state index contributed by atoms with van der Waals surface area (Å²) in [6.45, 7) is 1.09. The Morgan fingerprint density at radius 3 is 1.80 bits per heavy atom. The number of fused-ring (bicyclic) bond motifs is 1. The zero-order valence-electron chi connectivity index (χ0n) is 23.9. The SMILES string of the molecule is O=C(O)COc1ccc(Cn2c(-c3ccc(OCc4ccccc4)cc3)c(Cl)c3cc(OCc4ccccc4)ccc32)cc1. The molecule has 0 aliphatic heterocycles. The monoisotopic (exact) mass is 603 g/mol. The molecule has 1 aromatic heterocycles. The first kappa shape index (κ1) is 28.9. The first-order chi connectivity index (χ1) is 21.5. The molecule has 0 radical (unpaired) electrons. The Morgan fingerprint density at radius 2 is 1.18 bits per heavy atom. The minimum atomic E-state index is -1.02. The Bertz CT molecular complexity index is 1850. The molecule has 0 spiro atoms. The average Bonchev–Trinajstić information content (AvgIpc) is 3.33. The lowest BCUT2D eigenvalue weighted by atomic mass is 10.1. The molecule has 1 heterocycles. The molecule has 0 atom stereocenters. The Hall–Kier alpha value is -5.20. The maximum Gasteiger partial charge on any atom is 0.341 e. The lowest BCUT2D eigenvalue weighted by molar-refractivity contribution is -0.139. The lowest BCUT2D eigenvalue weighted by Crippen LogP contribution is -2.09. The van der Waals surface area contributed by atoms with E-state index in [0.29, 0.717) is 30.5 Å². The molecule has 0 amide bonds. The summed E-state index contributed by atoms with van der Waals surface area (Å²) in [5.74, 6) is 0.982. The standard InChI is InChI=1S/C37H30ClNO5/c38-36-33-21-32(43-24-28-9-5-2-6-10-28)19-20-34(33)39(22-26-11-15-30(16-12-26)44-25-35(40)41)37(36)29-13-17-31(18-14-29)42-23-27-7-3-1-4-8-27/h1-21H,22-25H2,(H,40,41). The van der Waals surface area contributed by atoms with Crippen LogP contribution in [0.2, 0.25) is 5.02 Å². The smallest absolute Gasteiger partial charge is 0.341 e. The van der Waals surface area contributed by atoms with Crippen molar-refractivity contribution in [1.82, 2.24) is 4.57 Å². The van der Waals surface area contributed by atoms with Gasteiger partial charge in [-0.25, -0.2) is 4.79 Å². The number of halogens is 1. The number of benzene rings is 5. The topological polar surface area (TPSA) is 69.9 Å². The normalized spacial score (nSPS) is 10.9. The van der Waals surface area contributed by atoms with E-state index in [9.17, 15) is 4.79 Å². The van der Waals surface area contributed by atoms with Crippen molar-refractivity contribution in [3.63, 3.8) is 0 Å². The van der Waals surface area contributed by atoms with E-state index in [0.717, 1.165) is 50.3 Å². The van der Waals surface area contributed by atoms with Crippen LogP contribution in [0.4, 0.5) is 0 Å². The number of carboxylic acid groups (broad SMARTS) is 1. The number of carboxylic acids is 1. The van der Waals surface area contributed by atoms with Crippen LogP contribution in [0.1, 0.15) is 16.7 Å². The molecular weight excluding hydrogens is 574 g/mol. The van der Waals surface area contributed by atoms with Gasteiger partial charge >= 0.3 is 5.97 Å². The molecule has 0 bridgehead atoms. The fourth-order valence-electron chi connectivity index (χ4n) is 5.04. The lowest BCUT2D eigenvalue weighted by Gasteiger charge is -2.13. The summed E-state index contributed by atoms with van der Waals surface area (Å²) < 4.78 is 19.6. The van der Waals surface area contributed by atoms with Gasteiger partial charge in [0, 0.05) is 11.9 Å². The van der Waals surface area contributed by atoms with Gasteiger partial charge in [-0.3, -0.25) is 0 Å². The second-order valence-electron chi connectivity index (χ2n) is 10.3. The van der Waals surface area contributed by atoms with Gasteiger partial charge in [0.1, 0.15) is 30.5 Å². The molecule has 0 fully saturated rings. The Morgan fingerprint density at radius 1 is 0.636 bits per heavy atom. The molecule has 0 aliphatic rings. The highest BCUT2D eigenvalue weighted by Crippen LogP contribution is 2.40. The van der Waals surface area contributed by atoms with E-state index in [2.05, 4.69) is 4.57 Å². The third-order valence-electron chi connectivity index (χ3n) is 7.22. The van der Waals surface area contributed by atoms with E-state index in [1.54, 1.807) is 12.1 Å². The predicted molar refractivity (Wildman–Crippen MR) is 173 cm³/mol.